The molecule has 0 bridgehead atoms. The zero-order valence-corrected chi connectivity index (χ0v) is 15.3. The second-order valence-corrected chi connectivity index (χ2v) is 5.31. The number of hydrogen-bond acceptors (Lipinski definition) is 2. The van der Waals surface area contributed by atoms with Crippen molar-refractivity contribution in [1.29, 1.82) is 0 Å². The summed E-state index contributed by atoms with van der Waals surface area (Å²) >= 11 is 0. The summed E-state index contributed by atoms with van der Waals surface area (Å²) in [5.41, 5.74) is 0. The molecule has 0 heterocycles. The van der Waals surface area contributed by atoms with E-state index < -0.39 is 5.97 Å². The Balaban J connectivity index is 0. The molecule has 0 atom stereocenters. The predicted octanol–water partition coefficient (Wildman–Crippen LogP) is 3.54. The summed E-state index contributed by atoms with van der Waals surface area (Å²) in [6, 6.07) is 0. The van der Waals surface area contributed by atoms with E-state index in [0.29, 0.717) is 0 Å². The minimum atomic E-state index is -0.732. The molecule has 0 aromatic heterocycles. The third-order valence-electron chi connectivity index (χ3n) is 3.30. The minimum Gasteiger partial charge on any atom is -0.480 e. The molecular formula is C15H31NNaO2. The Morgan fingerprint density at radius 1 is 0.895 bits per heavy atom. The molecule has 0 aromatic rings. The van der Waals surface area contributed by atoms with E-state index in [9.17, 15) is 4.79 Å². The largest absolute Gasteiger partial charge is 0.480 e. The summed E-state index contributed by atoms with van der Waals surface area (Å²) in [6.07, 6.45) is 13.3. The quantitative estimate of drug-likeness (QED) is 0.414. The van der Waals surface area contributed by atoms with Crippen molar-refractivity contribution >= 4 is 35.5 Å². The molecule has 109 valence electrons. The Labute approximate surface area is 141 Å². The van der Waals surface area contributed by atoms with Crippen molar-refractivity contribution in [1.82, 2.24) is 4.90 Å². The van der Waals surface area contributed by atoms with Gasteiger partial charge in [0.1, 0.15) is 0 Å². The van der Waals surface area contributed by atoms with Crippen LogP contribution in [0.5, 0.6) is 0 Å². The molecule has 3 nitrogen and oxygen atoms in total. The Morgan fingerprint density at radius 2 is 1.32 bits per heavy atom. The van der Waals surface area contributed by atoms with E-state index in [1.807, 2.05) is 11.9 Å². The van der Waals surface area contributed by atoms with E-state index in [2.05, 4.69) is 6.92 Å². The van der Waals surface area contributed by atoms with Gasteiger partial charge in [0.25, 0.3) is 0 Å². The molecule has 0 rings (SSSR count). The van der Waals surface area contributed by atoms with Gasteiger partial charge in [-0.05, 0) is 20.0 Å². The zero-order valence-electron chi connectivity index (χ0n) is 13.3. The van der Waals surface area contributed by atoms with E-state index in [1.54, 1.807) is 0 Å². The van der Waals surface area contributed by atoms with Crippen LogP contribution in [0.25, 0.3) is 0 Å². The number of carboxylic acid groups (broad SMARTS) is 1. The molecular weight excluding hydrogens is 249 g/mol. The van der Waals surface area contributed by atoms with Gasteiger partial charge in [-0.3, -0.25) is 9.69 Å². The van der Waals surface area contributed by atoms with E-state index >= 15 is 0 Å². The maximum atomic E-state index is 10.5. The molecule has 0 fully saturated rings. The fraction of sp³-hybridized carbons (Fsp3) is 0.933. The Bertz CT molecular complexity index is 201. The fourth-order valence-corrected chi connectivity index (χ4v) is 2.18. The van der Waals surface area contributed by atoms with Gasteiger partial charge >= 0.3 is 5.97 Å². The van der Waals surface area contributed by atoms with Crippen molar-refractivity contribution in [2.45, 2.75) is 71.1 Å². The van der Waals surface area contributed by atoms with E-state index in [0.717, 1.165) is 13.0 Å². The van der Waals surface area contributed by atoms with Crippen LogP contribution in [0.4, 0.5) is 0 Å². The molecule has 0 aliphatic rings. The molecule has 0 saturated heterocycles. The van der Waals surface area contributed by atoms with Crippen LogP contribution in [-0.4, -0.2) is 65.7 Å². The van der Waals surface area contributed by atoms with Gasteiger partial charge in [0, 0.05) is 29.6 Å². The molecule has 0 amide bonds. The van der Waals surface area contributed by atoms with Crippen molar-refractivity contribution < 1.29 is 9.90 Å². The van der Waals surface area contributed by atoms with E-state index in [-0.39, 0.29) is 36.1 Å². The molecule has 4 heteroatoms. The maximum absolute atomic E-state index is 10.5. The molecule has 0 aliphatic carbocycles. The van der Waals surface area contributed by atoms with Gasteiger partial charge in [-0.25, -0.2) is 0 Å². The Kier molecular flexibility index (Phi) is 18.8. The monoisotopic (exact) mass is 280 g/mol. The summed E-state index contributed by atoms with van der Waals surface area (Å²) in [5.74, 6) is -0.732. The third-order valence-corrected chi connectivity index (χ3v) is 3.30. The van der Waals surface area contributed by atoms with Gasteiger partial charge in [0.2, 0.25) is 0 Å². The average molecular weight is 280 g/mol. The molecule has 1 radical (unpaired) electrons. The molecule has 19 heavy (non-hydrogen) atoms. The number of rotatable bonds is 13. The molecule has 0 aliphatic heterocycles. The normalized spacial score (nSPS) is 10.5. The first-order valence-electron chi connectivity index (χ1n) is 7.57. The fourth-order valence-electron chi connectivity index (χ4n) is 2.18. The van der Waals surface area contributed by atoms with Crippen molar-refractivity contribution in [2.75, 3.05) is 20.1 Å². The summed E-state index contributed by atoms with van der Waals surface area (Å²) in [7, 11) is 1.88. The average Bonchev–Trinajstić information content (AvgIpc) is 2.30. The van der Waals surface area contributed by atoms with Crippen LogP contribution < -0.4 is 0 Å². The van der Waals surface area contributed by atoms with Crippen LogP contribution in [0.3, 0.4) is 0 Å². The SMILES string of the molecule is CCCCCCCCCCCCN(C)CC(=O)O.[Na]. The number of hydrogen-bond donors (Lipinski definition) is 1. The standard InChI is InChI=1S/C15H31NO2.Na/c1-3-4-5-6-7-8-9-10-11-12-13-16(2)14-15(17)18;/h3-14H2,1-2H3,(H,17,18);. The first-order chi connectivity index (χ1) is 8.66. The first-order valence-corrected chi connectivity index (χ1v) is 7.57. The Hall–Kier alpha value is 0.430. The molecule has 1 N–H and O–H groups in total. The second kappa shape index (κ2) is 16.5. The van der Waals surface area contributed by atoms with Gasteiger partial charge in [-0.2, -0.15) is 0 Å². The summed E-state index contributed by atoms with van der Waals surface area (Å²) in [4.78, 5) is 12.3. The number of nitrogens with zero attached hydrogens (tertiary/aromatic N) is 1. The van der Waals surface area contributed by atoms with Crippen molar-refractivity contribution in [3.05, 3.63) is 0 Å². The van der Waals surface area contributed by atoms with Gasteiger partial charge in [0.05, 0.1) is 6.54 Å². The zero-order chi connectivity index (χ0) is 13.6. The minimum absolute atomic E-state index is 0. The predicted molar refractivity (Wildman–Crippen MR) is 82.7 cm³/mol. The van der Waals surface area contributed by atoms with Crippen molar-refractivity contribution in [3.8, 4) is 0 Å². The van der Waals surface area contributed by atoms with Crippen LogP contribution in [0.1, 0.15) is 71.1 Å². The molecule has 0 saturated carbocycles. The van der Waals surface area contributed by atoms with E-state index in [4.69, 9.17) is 5.11 Å². The number of carbonyl (C=O) groups is 1. The van der Waals surface area contributed by atoms with Gasteiger partial charge in [0.15, 0.2) is 0 Å². The first kappa shape index (κ1) is 21.7. The number of unbranched alkanes of at least 4 members (excludes halogenated alkanes) is 9. The molecule has 0 aromatic carbocycles. The van der Waals surface area contributed by atoms with Crippen LogP contribution in [-0.2, 0) is 4.79 Å². The number of carboxylic acids is 1. The van der Waals surface area contributed by atoms with Crippen molar-refractivity contribution in [3.63, 3.8) is 0 Å². The number of likely N-dealkylation sites (N-methyl/N-ethyl adjacent to an activating group) is 1. The van der Waals surface area contributed by atoms with E-state index in [1.165, 1.54) is 57.8 Å². The molecule has 0 spiro atoms. The maximum Gasteiger partial charge on any atom is 0.317 e. The number of aliphatic carboxylic acids is 1. The van der Waals surface area contributed by atoms with Gasteiger partial charge in [-0.15, -0.1) is 0 Å². The van der Waals surface area contributed by atoms with Crippen molar-refractivity contribution in [2.24, 2.45) is 0 Å². The summed E-state index contributed by atoms with van der Waals surface area (Å²) in [5, 5.41) is 8.60. The molecule has 0 unspecified atom stereocenters. The smallest absolute Gasteiger partial charge is 0.317 e. The topological polar surface area (TPSA) is 40.5 Å². The van der Waals surface area contributed by atoms with Crippen LogP contribution in [0.2, 0.25) is 0 Å². The van der Waals surface area contributed by atoms with Gasteiger partial charge < -0.3 is 5.11 Å². The second-order valence-electron chi connectivity index (χ2n) is 5.31. The van der Waals surface area contributed by atoms with Gasteiger partial charge in [-0.1, -0.05) is 64.7 Å². The third kappa shape index (κ3) is 18.4. The van der Waals surface area contributed by atoms with Crippen LogP contribution in [0.15, 0.2) is 0 Å². The van der Waals surface area contributed by atoms with Crippen LogP contribution in [0, 0.1) is 0 Å². The summed E-state index contributed by atoms with van der Waals surface area (Å²) < 4.78 is 0. The summed E-state index contributed by atoms with van der Waals surface area (Å²) in [6.45, 7) is 3.32. The van der Waals surface area contributed by atoms with Crippen LogP contribution >= 0.6 is 0 Å². The Morgan fingerprint density at radius 3 is 1.74 bits per heavy atom.